The Balaban J connectivity index is 2.22. The molecule has 11 heavy (non-hydrogen) atoms. The van der Waals surface area contributed by atoms with Gasteiger partial charge >= 0.3 is 0 Å². The summed E-state index contributed by atoms with van der Waals surface area (Å²) in [7, 11) is 0. The van der Waals surface area contributed by atoms with E-state index in [0.717, 1.165) is 18.3 Å². The summed E-state index contributed by atoms with van der Waals surface area (Å²) in [5.41, 5.74) is 0.100. The lowest BCUT2D eigenvalue weighted by molar-refractivity contribution is 0.232. The highest BCUT2D eigenvalue weighted by Gasteiger charge is 2.49. The van der Waals surface area contributed by atoms with Crippen molar-refractivity contribution < 1.29 is 0 Å². The number of hydrogen-bond acceptors (Lipinski definition) is 1. The van der Waals surface area contributed by atoms with Crippen LogP contribution in [0.15, 0.2) is 0 Å². The van der Waals surface area contributed by atoms with E-state index >= 15 is 0 Å². The molecule has 0 aliphatic heterocycles. The summed E-state index contributed by atoms with van der Waals surface area (Å²) in [6, 6.07) is 2.56. The Bertz CT molecular complexity index is 203. The molecule has 0 aromatic heterocycles. The Hall–Kier alpha value is -0.510. The zero-order valence-electron chi connectivity index (χ0n) is 7.14. The van der Waals surface area contributed by atoms with Crippen LogP contribution in [0.3, 0.4) is 0 Å². The Labute approximate surface area is 68.4 Å². The van der Waals surface area contributed by atoms with Gasteiger partial charge < -0.3 is 0 Å². The van der Waals surface area contributed by atoms with Gasteiger partial charge in [-0.25, -0.2) is 0 Å². The van der Waals surface area contributed by atoms with Crippen molar-refractivity contribution in [1.82, 2.24) is 0 Å². The van der Waals surface area contributed by atoms with Crippen LogP contribution in [0, 0.1) is 28.6 Å². The normalized spacial score (nSPS) is 47.6. The highest BCUT2D eigenvalue weighted by molar-refractivity contribution is 5.10. The fourth-order valence-electron chi connectivity index (χ4n) is 3.09. The highest BCUT2D eigenvalue weighted by atomic mass is 14.5. The van der Waals surface area contributed by atoms with Gasteiger partial charge in [0.2, 0.25) is 0 Å². The SMILES string of the molecule is CCC1(C#N)CC2CCC1C2. The van der Waals surface area contributed by atoms with Crippen molar-refractivity contribution in [2.24, 2.45) is 17.3 Å². The molecule has 0 aromatic rings. The number of nitriles is 1. The molecular formula is C10H15N. The fourth-order valence-corrected chi connectivity index (χ4v) is 3.09. The van der Waals surface area contributed by atoms with Gasteiger partial charge in [0.1, 0.15) is 0 Å². The third kappa shape index (κ3) is 0.819. The molecule has 2 fully saturated rings. The largest absolute Gasteiger partial charge is 0.198 e. The summed E-state index contributed by atoms with van der Waals surface area (Å²) >= 11 is 0. The van der Waals surface area contributed by atoms with Gasteiger partial charge in [-0.3, -0.25) is 0 Å². The maximum Gasteiger partial charge on any atom is 0.0692 e. The van der Waals surface area contributed by atoms with Gasteiger partial charge in [0.05, 0.1) is 11.5 Å². The maximum atomic E-state index is 9.09. The number of hydrogen-bond donors (Lipinski definition) is 0. The molecule has 1 heteroatoms. The molecule has 1 nitrogen and oxygen atoms in total. The topological polar surface area (TPSA) is 23.8 Å². The smallest absolute Gasteiger partial charge is 0.0692 e. The van der Waals surface area contributed by atoms with Crippen molar-refractivity contribution in [3.05, 3.63) is 0 Å². The second-order valence-electron chi connectivity index (χ2n) is 4.20. The summed E-state index contributed by atoms with van der Waals surface area (Å²) < 4.78 is 0. The van der Waals surface area contributed by atoms with Crippen LogP contribution < -0.4 is 0 Å². The van der Waals surface area contributed by atoms with Crippen molar-refractivity contribution in [3.8, 4) is 6.07 Å². The van der Waals surface area contributed by atoms with E-state index in [1.165, 1.54) is 25.7 Å². The standard InChI is InChI=1S/C10H15N/c1-2-10(7-11)6-8-3-4-9(10)5-8/h8-9H,2-6H2,1H3. The van der Waals surface area contributed by atoms with Gasteiger partial charge in [-0.15, -0.1) is 0 Å². The first-order valence-electron chi connectivity index (χ1n) is 4.72. The first-order valence-corrected chi connectivity index (χ1v) is 4.72. The molecule has 0 spiro atoms. The maximum absolute atomic E-state index is 9.09. The molecule has 0 saturated heterocycles. The van der Waals surface area contributed by atoms with Gasteiger partial charge in [-0.05, 0) is 37.5 Å². The molecule has 2 rings (SSSR count). The van der Waals surface area contributed by atoms with E-state index in [-0.39, 0.29) is 5.41 Å². The van der Waals surface area contributed by atoms with Gasteiger partial charge in [-0.2, -0.15) is 5.26 Å². The second-order valence-corrected chi connectivity index (χ2v) is 4.20. The van der Waals surface area contributed by atoms with Crippen molar-refractivity contribution in [2.45, 2.75) is 39.0 Å². The van der Waals surface area contributed by atoms with Crippen LogP contribution in [0.4, 0.5) is 0 Å². The molecule has 3 unspecified atom stereocenters. The lowest BCUT2D eigenvalue weighted by atomic mass is 9.72. The van der Waals surface area contributed by atoms with Crippen molar-refractivity contribution in [2.75, 3.05) is 0 Å². The van der Waals surface area contributed by atoms with Crippen LogP contribution >= 0.6 is 0 Å². The van der Waals surface area contributed by atoms with E-state index in [0.29, 0.717) is 0 Å². The molecule has 60 valence electrons. The lowest BCUT2D eigenvalue weighted by Gasteiger charge is -2.29. The average Bonchev–Trinajstić information content (AvgIpc) is 2.62. The van der Waals surface area contributed by atoms with E-state index in [2.05, 4.69) is 13.0 Å². The molecule has 0 N–H and O–H groups in total. The predicted octanol–water partition coefficient (Wildman–Crippen LogP) is 2.73. The molecule has 2 saturated carbocycles. The minimum Gasteiger partial charge on any atom is -0.198 e. The van der Waals surface area contributed by atoms with Crippen LogP contribution in [-0.4, -0.2) is 0 Å². The van der Waals surface area contributed by atoms with Crippen LogP contribution in [-0.2, 0) is 0 Å². The van der Waals surface area contributed by atoms with Crippen molar-refractivity contribution >= 4 is 0 Å². The predicted molar refractivity (Wildman–Crippen MR) is 43.8 cm³/mol. The average molecular weight is 149 g/mol. The molecule has 3 atom stereocenters. The zero-order chi connectivity index (χ0) is 7.90. The molecule has 0 heterocycles. The minimum absolute atomic E-state index is 0.100. The molecule has 2 aliphatic rings. The fraction of sp³-hybridized carbons (Fsp3) is 0.900. The third-order valence-electron chi connectivity index (χ3n) is 3.83. The summed E-state index contributed by atoms with van der Waals surface area (Å²) in [4.78, 5) is 0. The van der Waals surface area contributed by atoms with E-state index in [4.69, 9.17) is 5.26 Å². The second kappa shape index (κ2) is 2.24. The van der Waals surface area contributed by atoms with E-state index in [9.17, 15) is 0 Å². The summed E-state index contributed by atoms with van der Waals surface area (Å²) in [6.45, 7) is 2.17. The summed E-state index contributed by atoms with van der Waals surface area (Å²) in [6.07, 6.45) is 6.34. The highest BCUT2D eigenvalue weighted by Crippen LogP contribution is 2.57. The molecule has 2 aliphatic carbocycles. The zero-order valence-corrected chi connectivity index (χ0v) is 7.14. The molecule has 0 amide bonds. The van der Waals surface area contributed by atoms with Crippen molar-refractivity contribution in [1.29, 1.82) is 5.26 Å². The van der Waals surface area contributed by atoms with Gasteiger partial charge in [0.25, 0.3) is 0 Å². The minimum atomic E-state index is 0.100. The Kier molecular flexibility index (Phi) is 1.45. The first kappa shape index (κ1) is 7.16. The quantitative estimate of drug-likeness (QED) is 0.562. The lowest BCUT2D eigenvalue weighted by Crippen LogP contribution is -2.24. The Morgan fingerprint density at radius 3 is 2.64 bits per heavy atom. The van der Waals surface area contributed by atoms with Crippen LogP contribution in [0.25, 0.3) is 0 Å². The molecule has 0 radical (unpaired) electrons. The summed E-state index contributed by atoms with van der Waals surface area (Å²) in [5.74, 6) is 1.65. The van der Waals surface area contributed by atoms with Gasteiger partial charge in [0, 0.05) is 0 Å². The molecule has 2 bridgehead atoms. The Morgan fingerprint density at radius 1 is 1.55 bits per heavy atom. The van der Waals surface area contributed by atoms with Crippen LogP contribution in [0.5, 0.6) is 0 Å². The molecule has 0 aromatic carbocycles. The van der Waals surface area contributed by atoms with Gasteiger partial charge in [0.15, 0.2) is 0 Å². The number of fused-ring (bicyclic) bond motifs is 2. The van der Waals surface area contributed by atoms with Crippen LogP contribution in [0.2, 0.25) is 0 Å². The van der Waals surface area contributed by atoms with E-state index in [1.54, 1.807) is 0 Å². The number of nitrogens with zero attached hydrogens (tertiary/aromatic N) is 1. The monoisotopic (exact) mass is 149 g/mol. The molecular weight excluding hydrogens is 134 g/mol. The summed E-state index contributed by atoms with van der Waals surface area (Å²) in [5, 5.41) is 9.09. The number of rotatable bonds is 1. The van der Waals surface area contributed by atoms with Gasteiger partial charge in [-0.1, -0.05) is 13.3 Å². The van der Waals surface area contributed by atoms with E-state index < -0.39 is 0 Å². The third-order valence-corrected chi connectivity index (χ3v) is 3.83. The van der Waals surface area contributed by atoms with E-state index in [1.807, 2.05) is 0 Å². The van der Waals surface area contributed by atoms with Crippen LogP contribution in [0.1, 0.15) is 39.0 Å². The first-order chi connectivity index (χ1) is 5.30. The Morgan fingerprint density at radius 2 is 2.36 bits per heavy atom. The van der Waals surface area contributed by atoms with Crippen molar-refractivity contribution in [3.63, 3.8) is 0 Å².